The van der Waals surface area contributed by atoms with E-state index in [9.17, 15) is 9.18 Å². The highest BCUT2D eigenvalue weighted by atomic mass is 19.1. The molecule has 1 spiro atoms. The lowest BCUT2D eigenvalue weighted by atomic mass is 9.72. The first kappa shape index (κ1) is 17.0. The zero-order valence-corrected chi connectivity index (χ0v) is 14.6. The average molecular weight is 360 g/mol. The van der Waals surface area contributed by atoms with Crippen molar-refractivity contribution in [2.24, 2.45) is 5.41 Å². The number of likely N-dealkylation sites (tertiary alicyclic amines) is 1. The van der Waals surface area contributed by atoms with Gasteiger partial charge in [-0.25, -0.2) is 9.18 Å². The summed E-state index contributed by atoms with van der Waals surface area (Å²) in [6.45, 7) is 4.17. The van der Waals surface area contributed by atoms with E-state index in [1.54, 1.807) is 24.0 Å². The Hall–Kier alpha value is -2.48. The molecule has 1 aromatic carbocycles. The first-order valence-electron chi connectivity index (χ1n) is 8.75. The van der Waals surface area contributed by atoms with Gasteiger partial charge in [0.05, 0.1) is 5.92 Å². The van der Waals surface area contributed by atoms with Crippen LogP contribution in [-0.4, -0.2) is 47.4 Å². The van der Waals surface area contributed by atoms with Crippen LogP contribution in [0.2, 0.25) is 0 Å². The number of ether oxygens (including phenoxy) is 1. The van der Waals surface area contributed by atoms with Crippen molar-refractivity contribution in [1.82, 2.24) is 15.0 Å². The number of carbonyl (C=O) groups excluding carboxylic acids is 1. The SMILES string of the molecule is Cc1noc(C2CN(C(=O)Nc3cccc(F)c3)CC23CCOCC3)n1. The number of carbonyl (C=O) groups is 1. The van der Waals surface area contributed by atoms with Crippen LogP contribution in [-0.2, 0) is 4.74 Å². The molecule has 2 fully saturated rings. The standard InChI is InChI=1S/C18H21FN4O3/c1-12-20-16(26-22-12)15-10-23(11-18(15)5-7-25-8-6-18)17(24)21-14-4-2-3-13(19)9-14/h2-4,9,15H,5-8,10-11H2,1H3,(H,21,24). The number of aryl methyl sites for hydroxylation is 1. The van der Waals surface area contributed by atoms with Crippen LogP contribution in [0.3, 0.4) is 0 Å². The van der Waals surface area contributed by atoms with Gasteiger partial charge in [0.2, 0.25) is 5.89 Å². The highest BCUT2D eigenvalue weighted by Crippen LogP contribution is 2.49. The number of rotatable bonds is 2. The Bertz CT molecular complexity index is 803. The molecule has 138 valence electrons. The summed E-state index contributed by atoms with van der Waals surface area (Å²) in [5.74, 6) is 0.755. The minimum atomic E-state index is -0.385. The summed E-state index contributed by atoms with van der Waals surface area (Å²) in [6, 6.07) is 5.63. The molecule has 0 bridgehead atoms. The van der Waals surface area contributed by atoms with Gasteiger partial charge in [-0.05, 0) is 38.0 Å². The van der Waals surface area contributed by atoms with Gasteiger partial charge in [-0.3, -0.25) is 0 Å². The van der Waals surface area contributed by atoms with Gasteiger partial charge in [0.15, 0.2) is 5.82 Å². The van der Waals surface area contributed by atoms with Crippen LogP contribution in [0.1, 0.15) is 30.5 Å². The lowest BCUT2D eigenvalue weighted by Crippen LogP contribution is -2.38. The molecule has 26 heavy (non-hydrogen) atoms. The molecule has 2 saturated heterocycles. The minimum absolute atomic E-state index is 0.0224. The fourth-order valence-corrected chi connectivity index (χ4v) is 3.97. The number of nitrogens with zero attached hydrogens (tertiary/aromatic N) is 3. The molecule has 8 heteroatoms. The molecule has 0 radical (unpaired) electrons. The molecule has 2 amide bonds. The van der Waals surface area contributed by atoms with Crippen molar-refractivity contribution in [2.75, 3.05) is 31.6 Å². The summed E-state index contributed by atoms with van der Waals surface area (Å²) in [5.41, 5.74) is 0.310. The predicted octanol–water partition coefficient (Wildman–Crippen LogP) is 2.95. The number of urea groups is 1. The predicted molar refractivity (Wildman–Crippen MR) is 91.3 cm³/mol. The fourth-order valence-electron chi connectivity index (χ4n) is 3.97. The van der Waals surface area contributed by atoms with E-state index in [1.165, 1.54) is 12.1 Å². The number of halogens is 1. The minimum Gasteiger partial charge on any atom is -0.381 e. The molecule has 3 heterocycles. The Morgan fingerprint density at radius 2 is 2.19 bits per heavy atom. The third-order valence-corrected chi connectivity index (χ3v) is 5.34. The molecule has 1 atom stereocenters. The van der Waals surface area contributed by atoms with Crippen LogP contribution < -0.4 is 5.32 Å². The van der Waals surface area contributed by atoms with E-state index >= 15 is 0 Å². The molecule has 1 aromatic heterocycles. The summed E-state index contributed by atoms with van der Waals surface area (Å²) in [6.07, 6.45) is 1.67. The third kappa shape index (κ3) is 3.16. The van der Waals surface area contributed by atoms with E-state index in [2.05, 4.69) is 15.5 Å². The molecule has 4 rings (SSSR count). The second kappa shape index (κ2) is 6.68. The molecule has 7 nitrogen and oxygen atoms in total. The van der Waals surface area contributed by atoms with E-state index in [1.807, 2.05) is 0 Å². The quantitative estimate of drug-likeness (QED) is 0.891. The maximum absolute atomic E-state index is 13.4. The van der Waals surface area contributed by atoms with Crippen molar-refractivity contribution in [3.05, 3.63) is 41.8 Å². The monoisotopic (exact) mass is 360 g/mol. The number of amides is 2. The zero-order valence-electron chi connectivity index (χ0n) is 14.6. The van der Waals surface area contributed by atoms with Gasteiger partial charge in [0.1, 0.15) is 5.82 Å². The largest absolute Gasteiger partial charge is 0.381 e. The molecular weight excluding hydrogens is 339 g/mol. The number of nitrogens with one attached hydrogen (secondary N) is 1. The number of aromatic nitrogens is 2. The van der Waals surface area contributed by atoms with Gasteiger partial charge in [0, 0.05) is 37.4 Å². The van der Waals surface area contributed by atoms with Gasteiger partial charge in [-0.1, -0.05) is 11.2 Å². The average Bonchev–Trinajstić information content (AvgIpc) is 3.20. The topological polar surface area (TPSA) is 80.5 Å². The van der Waals surface area contributed by atoms with Crippen molar-refractivity contribution in [3.8, 4) is 0 Å². The van der Waals surface area contributed by atoms with Gasteiger partial charge >= 0.3 is 6.03 Å². The van der Waals surface area contributed by atoms with E-state index in [4.69, 9.17) is 9.26 Å². The van der Waals surface area contributed by atoms with Crippen molar-refractivity contribution in [1.29, 1.82) is 0 Å². The van der Waals surface area contributed by atoms with Gasteiger partial charge in [-0.15, -0.1) is 0 Å². The van der Waals surface area contributed by atoms with Crippen molar-refractivity contribution in [2.45, 2.75) is 25.7 Å². The van der Waals surface area contributed by atoms with E-state index in [0.717, 1.165) is 12.8 Å². The van der Waals surface area contributed by atoms with Gasteiger partial charge in [-0.2, -0.15) is 4.98 Å². The van der Waals surface area contributed by atoms with E-state index < -0.39 is 0 Å². The third-order valence-electron chi connectivity index (χ3n) is 5.34. The normalized spacial score (nSPS) is 21.9. The molecule has 0 aliphatic carbocycles. The Kier molecular flexibility index (Phi) is 4.36. The Balaban J connectivity index is 1.55. The highest BCUT2D eigenvalue weighted by Gasteiger charge is 2.51. The Morgan fingerprint density at radius 1 is 1.38 bits per heavy atom. The first-order chi connectivity index (χ1) is 12.6. The van der Waals surface area contributed by atoms with Crippen molar-refractivity contribution >= 4 is 11.7 Å². The van der Waals surface area contributed by atoms with Gasteiger partial charge < -0.3 is 19.5 Å². The maximum atomic E-state index is 13.4. The van der Waals surface area contributed by atoms with Crippen molar-refractivity contribution in [3.63, 3.8) is 0 Å². The van der Waals surface area contributed by atoms with Crippen LogP contribution in [0.25, 0.3) is 0 Å². The second-order valence-corrected chi connectivity index (χ2v) is 7.03. The summed E-state index contributed by atoms with van der Waals surface area (Å²) >= 11 is 0. The summed E-state index contributed by atoms with van der Waals surface area (Å²) < 4.78 is 24.3. The fraction of sp³-hybridized carbons (Fsp3) is 0.500. The molecule has 0 saturated carbocycles. The van der Waals surface area contributed by atoms with E-state index in [-0.39, 0.29) is 23.2 Å². The first-order valence-corrected chi connectivity index (χ1v) is 8.75. The number of hydrogen-bond acceptors (Lipinski definition) is 5. The molecule has 1 unspecified atom stereocenters. The molecule has 1 N–H and O–H groups in total. The number of anilines is 1. The molecule has 2 aliphatic rings. The summed E-state index contributed by atoms with van der Waals surface area (Å²) in [7, 11) is 0. The molecule has 2 aliphatic heterocycles. The van der Waals surface area contributed by atoms with Crippen LogP contribution in [0.4, 0.5) is 14.9 Å². The Morgan fingerprint density at radius 3 is 2.88 bits per heavy atom. The van der Waals surface area contributed by atoms with Crippen LogP contribution >= 0.6 is 0 Å². The van der Waals surface area contributed by atoms with E-state index in [0.29, 0.717) is 43.7 Å². The van der Waals surface area contributed by atoms with Crippen LogP contribution in [0.15, 0.2) is 28.8 Å². The smallest absolute Gasteiger partial charge is 0.321 e. The molecular formula is C18H21FN4O3. The summed E-state index contributed by atoms with van der Waals surface area (Å²) in [5, 5.41) is 6.68. The highest BCUT2D eigenvalue weighted by molar-refractivity contribution is 5.89. The Labute approximate surface area is 150 Å². The lowest BCUT2D eigenvalue weighted by Gasteiger charge is -2.36. The summed E-state index contributed by atoms with van der Waals surface area (Å²) in [4.78, 5) is 18.9. The van der Waals surface area contributed by atoms with Gasteiger partial charge in [0.25, 0.3) is 0 Å². The number of benzene rings is 1. The van der Waals surface area contributed by atoms with Crippen LogP contribution in [0.5, 0.6) is 0 Å². The van der Waals surface area contributed by atoms with Crippen LogP contribution in [0, 0.1) is 18.2 Å². The molecule has 2 aromatic rings. The number of hydrogen-bond donors (Lipinski definition) is 1. The lowest BCUT2D eigenvalue weighted by molar-refractivity contribution is 0.00959. The van der Waals surface area contributed by atoms with Crippen molar-refractivity contribution < 1.29 is 18.4 Å². The maximum Gasteiger partial charge on any atom is 0.321 e. The second-order valence-electron chi connectivity index (χ2n) is 7.03. The zero-order chi connectivity index (χ0) is 18.1.